The zero-order valence-corrected chi connectivity index (χ0v) is 12.9. The number of hydrogen-bond acceptors (Lipinski definition) is 2. The van der Waals surface area contributed by atoms with Crippen LogP contribution in [0.5, 0.6) is 0 Å². The zero-order valence-electron chi connectivity index (χ0n) is 12.9. The van der Waals surface area contributed by atoms with Crippen molar-refractivity contribution in [2.45, 2.75) is 83.5 Å². The second-order valence-corrected chi connectivity index (χ2v) is 6.40. The Bertz CT molecular complexity index is 247. The van der Waals surface area contributed by atoms with Crippen molar-refractivity contribution in [2.24, 2.45) is 11.8 Å². The lowest BCUT2D eigenvalue weighted by atomic mass is 9.91. The van der Waals surface area contributed by atoms with Crippen LogP contribution in [0.1, 0.15) is 83.5 Å². The van der Waals surface area contributed by atoms with E-state index < -0.39 is 5.97 Å². The van der Waals surface area contributed by atoms with Crippen LogP contribution in [0.2, 0.25) is 0 Å². The van der Waals surface area contributed by atoms with Crippen LogP contribution < -0.4 is 0 Å². The van der Waals surface area contributed by atoms with Crippen LogP contribution in [0, 0.1) is 11.8 Å². The van der Waals surface area contributed by atoms with Gasteiger partial charge in [0, 0.05) is 6.61 Å². The van der Waals surface area contributed by atoms with Crippen molar-refractivity contribution < 1.29 is 15.0 Å². The maximum absolute atomic E-state index is 11.3. The number of unbranched alkanes of at least 4 members (excludes halogenated alkanes) is 5. The van der Waals surface area contributed by atoms with Gasteiger partial charge >= 0.3 is 5.97 Å². The van der Waals surface area contributed by atoms with E-state index in [1.165, 1.54) is 38.5 Å². The molecule has 0 aromatic carbocycles. The highest BCUT2D eigenvalue weighted by Crippen LogP contribution is 2.30. The molecule has 0 aromatic rings. The van der Waals surface area contributed by atoms with E-state index in [1.54, 1.807) is 0 Å². The first-order valence-corrected chi connectivity index (χ1v) is 8.57. The lowest BCUT2D eigenvalue weighted by molar-refractivity contribution is -0.142. The number of aliphatic hydroxyl groups is 1. The van der Waals surface area contributed by atoms with E-state index in [0.29, 0.717) is 6.61 Å². The molecule has 118 valence electrons. The summed E-state index contributed by atoms with van der Waals surface area (Å²) in [6, 6.07) is 0. The van der Waals surface area contributed by atoms with Gasteiger partial charge in [0.05, 0.1) is 5.92 Å². The summed E-state index contributed by atoms with van der Waals surface area (Å²) in [5, 5.41) is 18.0. The second kappa shape index (κ2) is 11.1. The molecule has 0 radical (unpaired) electrons. The third kappa shape index (κ3) is 7.88. The quantitative estimate of drug-likeness (QED) is 0.523. The van der Waals surface area contributed by atoms with Crippen LogP contribution in [0.25, 0.3) is 0 Å². The van der Waals surface area contributed by atoms with E-state index >= 15 is 0 Å². The van der Waals surface area contributed by atoms with Gasteiger partial charge in [0.2, 0.25) is 0 Å². The molecule has 1 atom stereocenters. The summed E-state index contributed by atoms with van der Waals surface area (Å²) in [6.07, 6.45) is 14.7. The van der Waals surface area contributed by atoms with Crippen LogP contribution in [0.3, 0.4) is 0 Å². The summed E-state index contributed by atoms with van der Waals surface area (Å²) in [4.78, 5) is 11.3. The summed E-state index contributed by atoms with van der Waals surface area (Å²) in [5.41, 5.74) is 0. The Labute approximate surface area is 123 Å². The maximum Gasteiger partial charge on any atom is 0.306 e. The third-order valence-corrected chi connectivity index (χ3v) is 4.71. The molecular formula is C17H32O3. The first-order valence-electron chi connectivity index (χ1n) is 8.57. The van der Waals surface area contributed by atoms with E-state index in [9.17, 15) is 9.90 Å². The molecule has 2 N–H and O–H groups in total. The fraction of sp³-hybridized carbons (Fsp3) is 0.941. The molecule has 1 aliphatic rings. The fourth-order valence-electron chi connectivity index (χ4n) is 3.34. The van der Waals surface area contributed by atoms with Crippen LogP contribution in [-0.2, 0) is 4.79 Å². The number of carbonyl (C=O) groups is 1. The fourth-order valence-corrected chi connectivity index (χ4v) is 3.34. The lowest BCUT2D eigenvalue weighted by Crippen LogP contribution is -2.15. The van der Waals surface area contributed by atoms with Gasteiger partial charge in [-0.2, -0.15) is 0 Å². The summed E-state index contributed by atoms with van der Waals surface area (Å²) >= 11 is 0. The van der Waals surface area contributed by atoms with E-state index in [2.05, 4.69) is 0 Å². The van der Waals surface area contributed by atoms with Gasteiger partial charge in [0.1, 0.15) is 0 Å². The molecule has 0 heterocycles. The van der Waals surface area contributed by atoms with Gasteiger partial charge in [0.25, 0.3) is 0 Å². The standard InChI is InChI=1S/C17H32O3/c18-14-8-4-2-1-3-5-11-16(17(19)20)13-12-15-9-6-7-10-15/h15-16,18H,1-14H2,(H,19,20). The Morgan fingerprint density at radius 1 is 0.950 bits per heavy atom. The monoisotopic (exact) mass is 284 g/mol. The van der Waals surface area contributed by atoms with Gasteiger partial charge in [-0.15, -0.1) is 0 Å². The van der Waals surface area contributed by atoms with Gasteiger partial charge < -0.3 is 10.2 Å². The highest BCUT2D eigenvalue weighted by Gasteiger charge is 2.21. The van der Waals surface area contributed by atoms with Crippen LogP contribution in [-0.4, -0.2) is 22.8 Å². The van der Waals surface area contributed by atoms with Gasteiger partial charge in [-0.1, -0.05) is 57.8 Å². The van der Waals surface area contributed by atoms with Gasteiger partial charge in [-0.05, 0) is 31.6 Å². The molecular weight excluding hydrogens is 252 g/mol. The van der Waals surface area contributed by atoms with E-state index in [-0.39, 0.29) is 5.92 Å². The number of rotatable bonds is 12. The summed E-state index contributed by atoms with van der Waals surface area (Å²) in [6.45, 7) is 0.294. The minimum absolute atomic E-state index is 0.118. The maximum atomic E-state index is 11.3. The molecule has 1 rings (SSSR count). The second-order valence-electron chi connectivity index (χ2n) is 6.40. The average Bonchev–Trinajstić information content (AvgIpc) is 2.93. The Morgan fingerprint density at radius 3 is 2.15 bits per heavy atom. The van der Waals surface area contributed by atoms with Crippen molar-refractivity contribution >= 4 is 5.97 Å². The molecule has 0 spiro atoms. The Balaban J connectivity index is 2.04. The first-order chi connectivity index (χ1) is 9.74. The molecule has 1 fully saturated rings. The highest BCUT2D eigenvalue weighted by atomic mass is 16.4. The minimum Gasteiger partial charge on any atom is -0.481 e. The first kappa shape index (κ1) is 17.5. The van der Waals surface area contributed by atoms with Crippen molar-refractivity contribution in [3.8, 4) is 0 Å². The minimum atomic E-state index is -0.594. The van der Waals surface area contributed by atoms with Crippen molar-refractivity contribution in [2.75, 3.05) is 6.61 Å². The van der Waals surface area contributed by atoms with Gasteiger partial charge in [0.15, 0.2) is 0 Å². The van der Waals surface area contributed by atoms with E-state index in [4.69, 9.17) is 5.11 Å². The summed E-state index contributed by atoms with van der Waals surface area (Å²) < 4.78 is 0. The van der Waals surface area contributed by atoms with E-state index in [1.807, 2.05) is 0 Å². The highest BCUT2D eigenvalue weighted by molar-refractivity contribution is 5.69. The van der Waals surface area contributed by atoms with Crippen LogP contribution in [0.15, 0.2) is 0 Å². The SMILES string of the molecule is O=C(O)C(CCCCCCCCO)CCC1CCCC1. The Kier molecular flexibility index (Phi) is 9.73. The average molecular weight is 284 g/mol. The smallest absolute Gasteiger partial charge is 0.306 e. The lowest BCUT2D eigenvalue weighted by Gasteiger charge is -2.15. The van der Waals surface area contributed by atoms with E-state index in [0.717, 1.165) is 50.9 Å². The molecule has 1 unspecified atom stereocenters. The molecule has 1 aliphatic carbocycles. The van der Waals surface area contributed by atoms with Crippen LogP contribution >= 0.6 is 0 Å². The molecule has 0 aliphatic heterocycles. The zero-order chi connectivity index (χ0) is 14.6. The molecule has 3 heteroatoms. The van der Waals surface area contributed by atoms with Crippen molar-refractivity contribution in [3.05, 3.63) is 0 Å². The molecule has 0 bridgehead atoms. The number of carboxylic acids is 1. The molecule has 3 nitrogen and oxygen atoms in total. The molecule has 0 amide bonds. The molecule has 1 saturated carbocycles. The topological polar surface area (TPSA) is 57.5 Å². The third-order valence-electron chi connectivity index (χ3n) is 4.71. The summed E-state index contributed by atoms with van der Waals surface area (Å²) in [5.74, 6) is 0.0895. The number of aliphatic hydroxyl groups excluding tert-OH is 1. The van der Waals surface area contributed by atoms with Crippen molar-refractivity contribution in [3.63, 3.8) is 0 Å². The predicted octanol–water partition coefficient (Wildman–Crippen LogP) is 4.38. The number of carboxylic acid groups (broad SMARTS) is 1. The number of aliphatic carboxylic acids is 1. The Hall–Kier alpha value is -0.570. The van der Waals surface area contributed by atoms with Gasteiger partial charge in [-0.3, -0.25) is 4.79 Å². The Morgan fingerprint density at radius 2 is 1.55 bits per heavy atom. The molecule has 0 saturated heterocycles. The molecule has 0 aromatic heterocycles. The predicted molar refractivity (Wildman–Crippen MR) is 81.7 cm³/mol. The number of hydrogen-bond donors (Lipinski definition) is 2. The molecule has 20 heavy (non-hydrogen) atoms. The van der Waals surface area contributed by atoms with Gasteiger partial charge in [-0.25, -0.2) is 0 Å². The largest absolute Gasteiger partial charge is 0.481 e. The normalized spacial score (nSPS) is 17.4. The van der Waals surface area contributed by atoms with Crippen LogP contribution in [0.4, 0.5) is 0 Å². The summed E-state index contributed by atoms with van der Waals surface area (Å²) in [7, 11) is 0. The van der Waals surface area contributed by atoms with Crippen molar-refractivity contribution in [1.29, 1.82) is 0 Å². The van der Waals surface area contributed by atoms with Crippen molar-refractivity contribution in [1.82, 2.24) is 0 Å².